The quantitative estimate of drug-likeness (QED) is 0.511. The van der Waals surface area contributed by atoms with Gasteiger partial charge >= 0.3 is 5.97 Å². The van der Waals surface area contributed by atoms with Crippen molar-refractivity contribution < 1.29 is 24.1 Å². The first-order chi connectivity index (χ1) is 16.4. The van der Waals surface area contributed by atoms with Gasteiger partial charge in [-0.05, 0) is 58.9 Å². The minimum Gasteiger partial charge on any atom is -0.469 e. The van der Waals surface area contributed by atoms with E-state index in [1.165, 1.54) is 30.4 Å². The van der Waals surface area contributed by atoms with E-state index in [1.807, 2.05) is 24.3 Å². The van der Waals surface area contributed by atoms with E-state index >= 15 is 0 Å². The van der Waals surface area contributed by atoms with Crippen LogP contribution in [0.3, 0.4) is 0 Å². The molecule has 0 bridgehead atoms. The Hall–Kier alpha value is -3.02. The van der Waals surface area contributed by atoms with Gasteiger partial charge in [-0.3, -0.25) is 4.79 Å². The number of hydrogen-bond donors (Lipinski definition) is 2. The van der Waals surface area contributed by atoms with E-state index in [-0.39, 0.29) is 24.1 Å². The number of carbonyl (C=O) groups is 1. The van der Waals surface area contributed by atoms with Crippen molar-refractivity contribution in [2.24, 2.45) is 5.41 Å². The molecule has 0 saturated heterocycles. The molecule has 4 rings (SSSR count). The van der Waals surface area contributed by atoms with Crippen LogP contribution in [0.25, 0.3) is 11.1 Å². The molecule has 178 valence electrons. The second-order valence-electron chi connectivity index (χ2n) is 9.14. The average molecular weight is 463 g/mol. The van der Waals surface area contributed by atoms with Crippen molar-refractivity contribution in [1.82, 2.24) is 0 Å². The molecule has 0 radical (unpaired) electrons. The molecule has 0 aliphatic heterocycles. The molecule has 1 fully saturated rings. The average Bonchev–Trinajstić information content (AvgIpc) is 3.44. The molecule has 2 aliphatic rings. The van der Waals surface area contributed by atoms with Crippen LogP contribution in [-0.4, -0.2) is 35.5 Å². The summed E-state index contributed by atoms with van der Waals surface area (Å²) < 4.78 is 18.3. The lowest BCUT2D eigenvalue weighted by molar-refractivity contribution is -0.143. The highest BCUT2D eigenvalue weighted by atomic mass is 19.1. The second kappa shape index (κ2) is 10.5. The lowest BCUT2D eigenvalue weighted by Gasteiger charge is -2.31. The summed E-state index contributed by atoms with van der Waals surface area (Å²) in [7, 11) is 1.27. The lowest BCUT2D eigenvalue weighted by Crippen LogP contribution is -2.21. The monoisotopic (exact) mass is 462 g/mol. The molecule has 0 amide bonds. The van der Waals surface area contributed by atoms with Gasteiger partial charge in [0.15, 0.2) is 0 Å². The highest BCUT2D eigenvalue weighted by molar-refractivity contribution is 5.96. The minimum absolute atomic E-state index is 0.0384. The van der Waals surface area contributed by atoms with E-state index in [4.69, 9.17) is 0 Å². The molecule has 34 heavy (non-hydrogen) atoms. The van der Waals surface area contributed by atoms with Crippen LogP contribution in [0.4, 0.5) is 4.39 Å². The highest BCUT2D eigenvalue weighted by Crippen LogP contribution is 2.59. The Morgan fingerprint density at radius 3 is 2.38 bits per heavy atom. The number of benzene rings is 2. The van der Waals surface area contributed by atoms with Crippen LogP contribution in [0.15, 0.2) is 78.4 Å². The van der Waals surface area contributed by atoms with Gasteiger partial charge < -0.3 is 14.9 Å². The largest absolute Gasteiger partial charge is 0.469 e. The summed E-state index contributed by atoms with van der Waals surface area (Å²) in [6, 6.07) is 16.9. The van der Waals surface area contributed by atoms with Gasteiger partial charge in [-0.2, -0.15) is 0 Å². The van der Waals surface area contributed by atoms with Crippen molar-refractivity contribution in [2.45, 2.75) is 50.7 Å². The normalized spacial score (nSPS) is 19.0. The maximum Gasteiger partial charge on any atom is 0.308 e. The van der Waals surface area contributed by atoms with Gasteiger partial charge in [0.1, 0.15) is 5.82 Å². The van der Waals surface area contributed by atoms with Gasteiger partial charge in [0.2, 0.25) is 0 Å². The molecule has 2 aromatic rings. The Kier molecular flexibility index (Phi) is 7.44. The summed E-state index contributed by atoms with van der Waals surface area (Å²) >= 11 is 0. The number of allylic oxidation sites excluding steroid dienone is 5. The molecule has 2 atom stereocenters. The van der Waals surface area contributed by atoms with Crippen LogP contribution >= 0.6 is 0 Å². The van der Waals surface area contributed by atoms with Crippen LogP contribution < -0.4 is 0 Å². The molecule has 0 heterocycles. The fourth-order valence-corrected chi connectivity index (χ4v) is 5.30. The van der Waals surface area contributed by atoms with Crippen molar-refractivity contribution in [3.05, 3.63) is 95.3 Å². The fraction of sp³-hybridized carbons (Fsp3) is 0.345. The molecule has 5 heteroatoms. The summed E-state index contributed by atoms with van der Waals surface area (Å²) in [5.74, 6) is -0.792. The van der Waals surface area contributed by atoms with Crippen LogP contribution in [0.2, 0.25) is 0 Å². The Morgan fingerprint density at radius 2 is 1.74 bits per heavy atom. The number of ether oxygens (including phenoxy) is 1. The van der Waals surface area contributed by atoms with Crippen molar-refractivity contribution in [2.75, 3.05) is 7.11 Å². The Balaban J connectivity index is 1.70. The number of aliphatic hydroxyl groups excluding tert-OH is 2. The number of rotatable bonds is 8. The van der Waals surface area contributed by atoms with Crippen molar-refractivity contribution in [3.8, 4) is 0 Å². The van der Waals surface area contributed by atoms with Crippen LogP contribution in [0, 0.1) is 11.2 Å². The molecule has 0 unspecified atom stereocenters. The number of carbonyl (C=O) groups excluding carboxylic acids is 1. The van der Waals surface area contributed by atoms with E-state index in [0.717, 1.165) is 42.4 Å². The summed E-state index contributed by atoms with van der Waals surface area (Å²) in [6.07, 6.45) is 8.07. The Morgan fingerprint density at radius 1 is 1.06 bits per heavy atom. The third-order valence-electron chi connectivity index (χ3n) is 6.94. The van der Waals surface area contributed by atoms with E-state index in [0.29, 0.717) is 0 Å². The molecule has 4 nitrogen and oxygen atoms in total. The van der Waals surface area contributed by atoms with E-state index < -0.39 is 18.2 Å². The molecular formula is C29H31FO4. The summed E-state index contributed by atoms with van der Waals surface area (Å²) in [5.41, 5.74) is 5.31. The Bertz CT molecular complexity index is 1090. The number of methoxy groups -OCH3 is 1. The second-order valence-corrected chi connectivity index (χ2v) is 9.14. The maximum atomic E-state index is 13.7. The predicted octanol–water partition coefficient (Wildman–Crippen LogP) is 5.47. The van der Waals surface area contributed by atoms with Crippen molar-refractivity contribution in [3.63, 3.8) is 0 Å². The van der Waals surface area contributed by atoms with Crippen LogP contribution in [0.1, 0.15) is 49.7 Å². The van der Waals surface area contributed by atoms with Gasteiger partial charge in [-0.15, -0.1) is 0 Å². The lowest BCUT2D eigenvalue weighted by atomic mass is 9.72. The number of halogens is 1. The molecule has 0 aromatic heterocycles. The molecule has 1 saturated carbocycles. The zero-order valence-corrected chi connectivity index (χ0v) is 19.4. The molecule has 2 N–H and O–H groups in total. The smallest absolute Gasteiger partial charge is 0.308 e. The van der Waals surface area contributed by atoms with E-state index in [9.17, 15) is 19.4 Å². The van der Waals surface area contributed by atoms with Crippen molar-refractivity contribution >= 4 is 17.1 Å². The minimum atomic E-state index is -0.986. The fourth-order valence-electron chi connectivity index (χ4n) is 5.30. The standard InChI is InChI=1S/C29H31FO4/c1-34-28(33)18-24(32)17-23(31)13-14-26-25(20-9-11-22(30)12-10-20)19-27(21-7-3-2-4-8-21)29(26)15-5-6-16-29/h2-4,7-14,19,23-24,31-32H,5-6,15-18H2,1H3/b14-13+/t23-,24-/m1/s1. The first-order valence-electron chi connectivity index (χ1n) is 11.8. The van der Waals surface area contributed by atoms with E-state index in [1.54, 1.807) is 18.2 Å². The van der Waals surface area contributed by atoms with Gasteiger partial charge in [0.05, 0.1) is 25.7 Å². The molecular weight excluding hydrogens is 431 g/mol. The SMILES string of the molecule is COC(=O)C[C@H](O)C[C@H](O)/C=C/C1=C(c2ccc(F)cc2)C=C(c2ccccc2)C12CCCC2. The third-order valence-corrected chi connectivity index (χ3v) is 6.94. The topological polar surface area (TPSA) is 66.8 Å². The van der Waals surface area contributed by atoms with E-state index in [2.05, 4.69) is 22.9 Å². The molecule has 2 aromatic carbocycles. The summed E-state index contributed by atoms with van der Waals surface area (Å²) in [4.78, 5) is 11.4. The zero-order valence-electron chi connectivity index (χ0n) is 19.4. The van der Waals surface area contributed by atoms with Gasteiger partial charge in [0.25, 0.3) is 0 Å². The first kappa shape index (κ1) is 24.1. The van der Waals surface area contributed by atoms with Gasteiger partial charge in [-0.25, -0.2) is 4.39 Å². The van der Waals surface area contributed by atoms with Crippen molar-refractivity contribution in [1.29, 1.82) is 0 Å². The maximum absolute atomic E-state index is 13.7. The predicted molar refractivity (Wildman–Crippen MR) is 131 cm³/mol. The number of hydrogen-bond acceptors (Lipinski definition) is 4. The molecule has 1 spiro atoms. The third kappa shape index (κ3) is 5.06. The van der Waals surface area contributed by atoms with Crippen LogP contribution in [-0.2, 0) is 9.53 Å². The van der Waals surface area contributed by atoms with Gasteiger partial charge in [-0.1, -0.05) is 67.5 Å². The Labute approximate surface area is 200 Å². The number of aliphatic hydroxyl groups is 2. The molecule has 2 aliphatic carbocycles. The van der Waals surface area contributed by atoms with Crippen LogP contribution in [0.5, 0.6) is 0 Å². The number of esters is 1. The summed E-state index contributed by atoms with van der Waals surface area (Å²) in [5, 5.41) is 20.7. The van der Waals surface area contributed by atoms with Gasteiger partial charge in [0, 0.05) is 11.8 Å². The zero-order chi connectivity index (χ0) is 24.1. The summed E-state index contributed by atoms with van der Waals surface area (Å²) in [6.45, 7) is 0. The highest BCUT2D eigenvalue weighted by Gasteiger charge is 2.45. The first-order valence-corrected chi connectivity index (χ1v) is 11.8.